The quantitative estimate of drug-likeness (QED) is 0.179. The summed E-state index contributed by atoms with van der Waals surface area (Å²) in [5, 5.41) is 30.5. The average molecular weight is 565 g/mol. The fourth-order valence-electron chi connectivity index (χ4n) is 5.58. The van der Waals surface area contributed by atoms with Crippen LogP contribution in [-0.4, -0.2) is 56.6 Å². The van der Waals surface area contributed by atoms with Gasteiger partial charge in [-0.2, -0.15) is 0 Å². The van der Waals surface area contributed by atoms with E-state index in [9.17, 15) is 9.90 Å². The monoisotopic (exact) mass is 564 g/mol. The lowest BCUT2D eigenvalue weighted by atomic mass is 9.88. The van der Waals surface area contributed by atoms with E-state index < -0.39 is 0 Å². The molecule has 216 valence electrons. The van der Waals surface area contributed by atoms with E-state index in [1.54, 1.807) is 52.2 Å². The van der Waals surface area contributed by atoms with Crippen molar-refractivity contribution in [3.8, 4) is 11.4 Å². The molecule has 0 radical (unpaired) electrons. The van der Waals surface area contributed by atoms with Gasteiger partial charge in [-0.3, -0.25) is 25.4 Å². The molecule has 5 rings (SSSR count). The molecule has 9 nitrogen and oxygen atoms in total. The molecule has 3 N–H and O–H groups in total. The summed E-state index contributed by atoms with van der Waals surface area (Å²) in [6.45, 7) is 2.36. The SMILES string of the molecule is CC(=N)OC(=N)c1cccc(-n2ccc(N(C(=O)c3cccc(O)c3)[C@H]3CC[C@@H](N(C)Cc4ccccc4)CC3)n2)c1. The summed E-state index contributed by atoms with van der Waals surface area (Å²) in [7, 11) is 2.16. The summed E-state index contributed by atoms with van der Waals surface area (Å²) in [5.74, 6) is 0.179. The maximum Gasteiger partial charge on any atom is 0.259 e. The third-order valence-corrected chi connectivity index (χ3v) is 7.69. The number of carbonyl (C=O) groups excluding carboxylic acids is 1. The molecule has 9 heteroatoms. The van der Waals surface area contributed by atoms with Crippen LogP contribution in [0, 0.1) is 10.8 Å². The van der Waals surface area contributed by atoms with E-state index in [1.165, 1.54) is 18.6 Å². The molecule has 1 saturated carbocycles. The lowest BCUT2D eigenvalue weighted by Gasteiger charge is -2.39. The highest BCUT2D eigenvalue weighted by molar-refractivity contribution is 6.06. The maximum atomic E-state index is 13.9. The van der Waals surface area contributed by atoms with E-state index in [0.29, 0.717) is 28.7 Å². The fourth-order valence-corrected chi connectivity index (χ4v) is 5.58. The smallest absolute Gasteiger partial charge is 0.259 e. The Morgan fingerprint density at radius 3 is 2.33 bits per heavy atom. The highest BCUT2D eigenvalue weighted by Crippen LogP contribution is 2.31. The summed E-state index contributed by atoms with van der Waals surface area (Å²) in [4.78, 5) is 18.1. The number of ether oxygens (including phenoxy) is 1. The molecule has 1 fully saturated rings. The Balaban J connectivity index is 1.38. The summed E-state index contributed by atoms with van der Waals surface area (Å²) >= 11 is 0. The number of carbonyl (C=O) groups is 1. The number of aromatic hydroxyl groups is 1. The zero-order valence-corrected chi connectivity index (χ0v) is 23.9. The number of phenols is 1. The van der Waals surface area contributed by atoms with Gasteiger partial charge in [-0.15, -0.1) is 5.10 Å². The van der Waals surface area contributed by atoms with Crippen LogP contribution < -0.4 is 4.90 Å². The van der Waals surface area contributed by atoms with E-state index in [1.807, 2.05) is 18.2 Å². The van der Waals surface area contributed by atoms with Crippen molar-refractivity contribution in [2.75, 3.05) is 11.9 Å². The van der Waals surface area contributed by atoms with Gasteiger partial charge in [0.05, 0.1) is 5.69 Å². The van der Waals surface area contributed by atoms with Crippen molar-refractivity contribution in [1.29, 1.82) is 10.8 Å². The molecule has 1 aromatic heterocycles. The number of hydrogen-bond acceptors (Lipinski definition) is 7. The molecule has 0 unspecified atom stereocenters. The molecule has 0 saturated heterocycles. The molecule has 0 aliphatic heterocycles. The zero-order valence-electron chi connectivity index (χ0n) is 23.9. The Labute approximate surface area is 246 Å². The van der Waals surface area contributed by atoms with Gasteiger partial charge in [0.15, 0.2) is 11.7 Å². The molecule has 1 amide bonds. The Kier molecular flexibility index (Phi) is 8.78. The topological polar surface area (TPSA) is 119 Å². The van der Waals surface area contributed by atoms with Gasteiger partial charge in [-0.1, -0.05) is 42.5 Å². The summed E-state index contributed by atoms with van der Waals surface area (Å²) in [6.07, 6.45) is 5.36. The normalized spacial score (nSPS) is 16.6. The van der Waals surface area contributed by atoms with Crippen molar-refractivity contribution in [3.05, 3.63) is 108 Å². The number of hydrogen-bond donors (Lipinski definition) is 3. The first-order valence-corrected chi connectivity index (χ1v) is 14.1. The highest BCUT2D eigenvalue weighted by Gasteiger charge is 2.33. The average Bonchev–Trinajstić information content (AvgIpc) is 3.47. The number of rotatable bonds is 8. The highest BCUT2D eigenvalue weighted by atomic mass is 16.5. The van der Waals surface area contributed by atoms with Crippen molar-refractivity contribution in [2.24, 2.45) is 0 Å². The lowest BCUT2D eigenvalue weighted by Crippen LogP contribution is -2.46. The third-order valence-electron chi connectivity index (χ3n) is 7.69. The number of anilines is 1. The van der Waals surface area contributed by atoms with E-state index >= 15 is 0 Å². The summed E-state index contributed by atoms with van der Waals surface area (Å²) in [6, 6.07) is 26.2. The second-order valence-electron chi connectivity index (χ2n) is 10.7. The van der Waals surface area contributed by atoms with Crippen LogP contribution in [0.4, 0.5) is 5.82 Å². The molecule has 3 aromatic carbocycles. The Bertz CT molecular complexity index is 1560. The van der Waals surface area contributed by atoms with Gasteiger partial charge in [-0.05, 0) is 74.7 Å². The lowest BCUT2D eigenvalue weighted by molar-refractivity contribution is 0.0957. The van der Waals surface area contributed by atoms with Gasteiger partial charge in [-0.25, -0.2) is 4.68 Å². The molecule has 1 aliphatic carbocycles. The Morgan fingerprint density at radius 1 is 0.929 bits per heavy atom. The third kappa shape index (κ3) is 6.75. The molecule has 1 aliphatic rings. The van der Waals surface area contributed by atoms with Crippen LogP contribution in [0.2, 0.25) is 0 Å². The van der Waals surface area contributed by atoms with E-state index in [2.05, 4.69) is 36.2 Å². The predicted octanol–water partition coefficient (Wildman–Crippen LogP) is 6.01. The molecular formula is C33H36N6O3. The van der Waals surface area contributed by atoms with Crippen LogP contribution in [0.5, 0.6) is 5.75 Å². The number of amides is 1. The Hall–Kier alpha value is -4.76. The van der Waals surface area contributed by atoms with E-state index in [-0.39, 0.29) is 29.5 Å². The van der Waals surface area contributed by atoms with E-state index in [4.69, 9.17) is 20.7 Å². The minimum atomic E-state index is -0.206. The van der Waals surface area contributed by atoms with Gasteiger partial charge in [0.2, 0.25) is 5.90 Å². The van der Waals surface area contributed by atoms with Crippen molar-refractivity contribution >= 4 is 23.5 Å². The van der Waals surface area contributed by atoms with Gasteiger partial charge in [0.1, 0.15) is 5.75 Å². The van der Waals surface area contributed by atoms with Crippen LogP contribution in [-0.2, 0) is 11.3 Å². The van der Waals surface area contributed by atoms with E-state index in [0.717, 1.165) is 32.2 Å². The second-order valence-corrected chi connectivity index (χ2v) is 10.7. The number of nitrogens with zero attached hydrogens (tertiary/aromatic N) is 4. The van der Waals surface area contributed by atoms with Crippen LogP contribution in [0.3, 0.4) is 0 Å². The van der Waals surface area contributed by atoms with Crippen molar-refractivity contribution in [2.45, 2.75) is 51.2 Å². The standard InChI is InChI=1S/C33H36N6O3/c1-23(34)42-32(35)25-10-6-12-29(20-25)38-19-18-31(36-38)39(33(41)26-11-7-13-30(40)21-26)28-16-14-27(15-17-28)37(2)22-24-8-4-3-5-9-24/h3-13,18-21,27-28,34-35,40H,14-17,22H2,1-2H3/t27-,28+. The maximum absolute atomic E-state index is 13.9. The second kappa shape index (κ2) is 12.8. The van der Waals surface area contributed by atoms with Crippen molar-refractivity contribution in [3.63, 3.8) is 0 Å². The molecular weight excluding hydrogens is 528 g/mol. The molecule has 42 heavy (non-hydrogen) atoms. The molecule has 0 atom stereocenters. The molecule has 0 bridgehead atoms. The first-order valence-electron chi connectivity index (χ1n) is 14.1. The van der Waals surface area contributed by atoms with Gasteiger partial charge in [0, 0.05) is 48.9 Å². The number of nitrogens with one attached hydrogen (secondary N) is 2. The van der Waals surface area contributed by atoms with Crippen LogP contribution in [0.1, 0.15) is 54.1 Å². The summed E-state index contributed by atoms with van der Waals surface area (Å²) in [5.41, 5.74) is 2.90. The predicted molar refractivity (Wildman–Crippen MR) is 164 cm³/mol. The van der Waals surface area contributed by atoms with Crippen LogP contribution >= 0.6 is 0 Å². The summed E-state index contributed by atoms with van der Waals surface area (Å²) < 4.78 is 6.83. The fraction of sp³-hybridized carbons (Fsp3) is 0.273. The minimum absolute atomic E-state index is 0.0409. The van der Waals surface area contributed by atoms with Gasteiger partial charge >= 0.3 is 0 Å². The zero-order chi connectivity index (χ0) is 29.6. The van der Waals surface area contributed by atoms with Crippen molar-refractivity contribution < 1.29 is 14.6 Å². The van der Waals surface area contributed by atoms with Crippen LogP contribution in [0.15, 0.2) is 91.1 Å². The largest absolute Gasteiger partial charge is 0.508 e. The van der Waals surface area contributed by atoms with Gasteiger partial charge < -0.3 is 9.84 Å². The van der Waals surface area contributed by atoms with Gasteiger partial charge in [0.25, 0.3) is 5.91 Å². The van der Waals surface area contributed by atoms with Crippen LogP contribution in [0.25, 0.3) is 5.69 Å². The van der Waals surface area contributed by atoms with Crippen molar-refractivity contribution in [1.82, 2.24) is 14.7 Å². The molecule has 4 aromatic rings. The number of benzene rings is 3. The minimum Gasteiger partial charge on any atom is -0.508 e. The molecule has 1 heterocycles. The molecule has 0 spiro atoms. The first kappa shape index (κ1) is 28.8. The Morgan fingerprint density at radius 2 is 1.62 bits per heavy atom. The number of aromatic nitrogens is 2. The first-order chi connectivity index (χ1) is 20.3. The number of phenolic OH excluding ortho intramolecular Hbond substituents is 1.